The third-order valence-electron chi connectivity index (χ3n) is 2.52. The third-order valence-corrected chi connectivity index (χ3v) is 2.99. The summed E-state index contributed by atoms with van der Waals surface area (Å²) in [7, 11) is 0. The summed E-state index contributed by atoms with van der Waals surface area (Å²) in [5.74, 6) is -4.09. The first-order chi connectivity index (χ1) is 7.43. The molecule has 0 aliphatic carbocycles. The summed E-state index contributed by atoms with van der Waals surface area (Å²) in [5, 5.41) is -0.109. The van der Waals surface area contributed by atoms with E-state index in [1.54, 1.807) is 13.8 Å². The largest absolute Gasteiger partial charge is 0.253 e. The third kappa shape index (κ3) is 1.45. The molecule has 0 N–H and O–H groups in total. The number of rotatable bonds is 0. The number of aryl methyl sites for hydroxylation is 1. The molecule has 0 aliphatic rings. The maximum atomic E-state index is 13.5. The molecule has 1 heterocycles. The molecule has 0 saturated heterocycles. The zero-order valence-corrected chi connectivity index (χ0v) is 9.29. The van der Waals surface area contributed by atoms with Gasteiger partial charge < -0.3 is 0 Å². The highest BCUT2D eigenvalue weighted by Gasteiger charge is 2.18. The Balaban J connectivity index is 3.03. The molecule has 2 rings (SSSR count). The van der Waals surface area contributed by atoms with Crippen LogP contribution in [0.25, 0.3) is 10.9 Å². The fraction of sp³-hybridized carbons (Fsp3) is 0.182. The standard InChI is InChI=1S/C11H7ClF3N/c1-4-5(2)16-7-3-6(13)10(14)11(15)8(7)9(4)12/h3H,1-2H3. The molecule has 0 atom stereocenters. The van der Waals surface area contributed by atoms with Crippen LogP contribution in [-0.4, -0.2) is 4.98 Å². The number of hydrogen-bond acceptors (Lipinski definition) is 1. The van der Waals surface area contributed by atoms with Gasteiger partial charge in [0.15, 0.2) is 17.5 Å². The number of fused-ring (bicyclic) bond motifs is 1. The predicted molar refractivity (Wildman–Crippen MR) is 56.1 cm³/mol. The maximum absolute atomic E-state index is 13.5. The number of pyridine rings is 1. The van der Waals surface area contributed by atoms with Crippen molar-refractivity contribution >= 4 is 22.5 Å². The van der Waals surface area contributed by atoms with Crippen molar-refractivity contribution in [3.63, 3.8) is 0 Å². The molecule has 16 heavy (non-hydrogen) atoms. The predicted octanol–water partition coefficient (Wildman–Crippen LogP) is 3.92. The van der Waals surface area contributed by atoms with Crippen LogP contribution >= 0.6 is 11.6 Å². The Morgan fingerprint density at radius 3 is 2.38 bits per heavy atom. The van der Waals surface area contributed by atoms with Crippen LogP contribution in [0, 0.1) is 31.3 Å². The van der Waals surface area contributed by atoms with Gasteiger partial charge in [0.05, 0.1) is 15.9 Å². The molecule has 0 amide bonds. The van der Waals surface area contributed by atoms with Gasteiger partial charge in [0.25, 0.3) is 0 Å². The normalized spacial score (nSPS) is 11.1. The van der Waals surface area contributed by atoms with Crippen LogP contribution in [0.1, 0.15) is 11.3 Å². The van der Waals surface area contributed by atoms with Crippen molar-refractivity contribution in [3.8, 4) is 0 Å². The summed E-state index contributed by atoms with van der Waals surface area (Å²) in [6, 6.07) is 0.839. The van der Waals surface area contributed by atoms with E-state index < -0.39 is 17.5 Å². The van der Waals surface area contributed by atoms with Crippen LogP contribution in [0.15, 0.2) is 6.07 Å². The van der Waals surface area contributed by atoms with Gasteiger partial charge >= 0.3 is 0 Å². The van der Waals surface area contributed by atoms with Crippen LogP contribution in [-0.2, 0) is 0 Å². The molecule has 84 valence electrons. The molecule has 0 spiro atoms. The van der Waals surface area contributed by atoms with Gasteiger partial charge in [0.1, 0.15) is 0 Å². The molecule has 0 aliphatic heterocycles. The fourth-order valence-electron chi connectivity index (χ4n) is 1.49. The zero-order chi connectivity index (χ0) is 12.0. The first kappa shape index (κ1) is 11.2. The summed E-state index contributed by atoms with van der Waals surface area (Å²) in [5.41, 5.74) is 1.13. The van der Waals surface area contributed by atoms with Gasteiger partial charge in [-0.1, -0.05) is 11.6 Å². The van der Waals surface area contributed by atoms with E-state index >= 15 is 0 Å². The van der Waals surface area contributed by atoms with E-state index in [0.29, 0.717) is 11.3 Å². The Morgan fingerprint density at radius 1 is 1.12 bits per heavy atom. The van der Waals surface area contributed by atoms with E-state index in [1.165, 1.54) is 0 Å². The zero-order valence-electron chi connectivity index (χ0n) is 8.54. The van der Waals surface area contributed by atoms with Crippen LogP contribution in [0.3, 0.4) is 0 Å². The molecule has 5 heteroatoms. The van der Waals surface area contributed by atoms with Crippen molar-refractivity contribution < 1.29 is 13.2 Å². The molecular weight excluding hydrogens is 239 g/mol. The lowest BCUT2D eigenvalue weighted by Crippen LogP contribution is -1.98. The molecule has 1 nitrogen and oxygen atoms in total. The SMILES string of the molecule is Cc1nc2cc(F)c(F)c(F)c2c(Cl)c1C. The lowest BCUT2D eigenvalue weighted by molar-refractivity contribution is 0.453. The molecule has 0 unspecified atom stereocenters. The van der Waals surface area contributed by atoms with E-state index in [4.69, 9.17) is 11.6 Å². The average molecular weight is 246 g/mol. The van der Waals surface area contributed by atoms with E-state index in [-0.39, 0.29) is 15.9 Å². The summed E-state index contributed by atoms with van der Waals surface area (Å²) in [6.45, 7) is 3.31. The van der Waals surface area contributed by atoms with Crippen molar-refractivity contribution in [1.29, 1.82) is 0 Å². The molecule has 0 radical (unpaired) electrons. The lowest BCUT2D eigenvalue weighted by Gasteiger charge is -2.08. The lowest BCUT2D eigenvalue weighted by atomic mass is 10.1. The first-order valence-corrected chi connectivity index (χ1v) is 4.91. The Morgan fingerprint density at radius 2 is 1.75 bits per heavy atom. The second kappa shape index (κ2) is 3.63. The van der Waals surface area contributed by atoms with E-state index in [0.717, 1.165) is 6.07 Å². The highest BCUT2D eigenvalue weighted by atomic mass is 35.5. The molecule has 1 aromatic carbocycles. The van der Waals surface area contributed by atoms with Crippen molar-refractivity contribution in [3.05, 3.63) is 39.8 Å². The van der Waals surface area contributed by atoms with Gasteiger partial charge in [-0.05, 0) is 19.4 Å². The highest BCUT2D eigenvalue weighted by Crippen LogP contribution is 2.31. The summed E-state index contributed by atoms with van der Waals surface area (Å²) in [4.78, 5) is 3.97. The Kier molecular flexibility index (Phi) is 2.54. The molecule has 2 aromatic rings. The Hall–Kier alpha value is -1.29. The van der Waals surface area contributed by atoms with Crippen molar-refractivity contribution in [1.82, 2.24) is 4.98 Å². The number of nitrogens with zero attached hydrogens (tertiary/aromatic N) is 1. The van der Waals surface area contributed by atoms with Gasteiger partial charge in [-0.3, -0.25) is 4.98 Å². The van der Waals surface area contributed by atoms with Gasteiger partial charge in [-0.25, -0.2) is 13.2 Å². The summed E-state index contributed by atoms with van der Waals surface area (Å²) in [6.07, 6.45) is 0. The fourth-order valence-corrected chi connectivity index (χ4v) is 1.81. The number of halogens is 4. The average Bonchev–Trinajstić information content (AvgIpc) is 2.23. The topological polar surface area (TPSA) is 12.9 Å². The van der Waals surface area contributed by atoms with Crippen LogP contribution in [0.5, 0.6) is 0 Å². The number of benzene rings is 1. The second-order valence-corrected chi connectivity index (χ2v) is 3.89. The van der Waals surface area contributed by atoms with Crippen LogP contribution < -0.4 is 0 Å². The summed E-state index contributed by atoms with van der Waals surface area (Å²) >= 11 is 5.89. The number of hydrogen-bond donors (Lipinski definition) is 0. The summed E-state index contributed by atoms with van der Waals surface area (Å²) < 4.78 is 39.5. The quantitative estimate of drug-likeness (QED) is 0.641. The number of aromatic nitrogens is 1. The van der Waals surface area contributed by atoms with Crippen molar-refractivity contribution in [2.45, 2.75) is 13.8 Å². The minimum absolute atomic E-state index is 0.0181. The van der Waals surface area contributed by atoms with Gasteiger partial charge in [-0.2, -0.15) is 0 Å². The smallest absolute Gasteiger partial charge is 0.195 e. The van der Waals surface area contributed by atoms with E-state index in [2.05, 4.69) is 4.98 Å². The van der Waals surface area contributed by atoms with Crippen molar-refractivity contribution in [2.24, 2.45) is 0 Å². The molecule has 1 aromatic heterocycles. The molecule has 0 fully saturated rings. The Bertz CT molecular complexity index is 547. The van der Waals surface area contributed by atoms with Crippen LogP contribution in [0.2, 0.25) is 5.02 Å². The molecular formula is C11H7ClF3N. The van der Waals surface area contributed by atoms with Crippen LogP contribution in [0.4, 0.5) is 13.2 Å². The molecule has 0 saturated carbocycles. The maximum Gasteiger partial charge on any atom is 0.195 e. The monoisotopic (exact) mass is 245 g/mol. The first-order valence-electron chi connectivity index (χ1n) is 4.53. The van der Waals surface area contributed by atoms with Gasteiger partial charge in [0, 0.05) is 11.8 Å². The highest BCUT2D eigenvalue weighted by molar-refractivity contribution is 6.36. The van der Waals surface area contributed by atoms with Crippen molar-refractivity contribution in [2.75, 3.05) is 0 Å². The minimum atomic E-state index is -1.53. The van der Waals surface area contributed by atoms with E-state index in [9.17, 15) is 13.2 Å². The van der Waals surface area contributed by atoms with E-state index in [1.807, 2.05) is 0 Å². The van der Waals surface area contributed by atoms with Gasteiger partial charge in [-0.15, -0.1) is 0 Å². The Labute approximate surface area is 94.9 Å². The second-order valence-electron chi connectivity index (χ2n) is 3.52. The minimum Gasteiger partial charge on any atom is -0.253 e. The molecule has 0 bridgehead atoms. The van der Waals surface area contributed by atoms with Gasteiger partial charge in [0.2, 0.25) is 0 Å².